The first-order valence-electron chi connectivity index (χ1n) is 8.70. The highest BCUT2D eigenvalue weighted by atomic mass is 35.5. The molecular formula is C18H24Cl2N2O2. The topological polar surface area (TPSA) is 41.6 Å². The Kier molecular flexibility index (Phi) is 6.25. The standard InChI is InChI=1S/C18H24Cl2N2O2/c19-15-9-16(20)11-17(10-15)24-12-13-3-7-22(8-4-13)18(23)14-1-5-21-6-2-14/h9-11,13-14,21H,1-8,12H2. The van der Waals surface area contributed by atoms with Gasteiger partial charge in [0.05, 0.1) is 6.61 Å². The van der Waals surface area contributed by atoms with Gasteiger partial charge in [-0.25, -0.2) is 0 Å². The summed E-state index contributed by atoms with van der Waals surface area (Å²) >= 11 is 12.0. The van der Waals surface area contributed by atoms with E-state index in [1.807, 2.05) is 4.90 Å². The average Bonchev–Trinajstić information content (AvgIpc) is 2.60. The summed E-state index contributed by atoms with van der Waals surface area (Å²) in [4.78, 5) is 14.6. The Hall–Kier alpha value is -0.970. The van der Waals surface area contributed by atoms with Crippen molar-refractivity contribution in [1.82, 2.24) is 10.2 Å². The summed E-state index contributed by atoms with van der Waals surface area (Å²) in [5.41, 5.74) is 0. The van der Waals surface area contributed by atoms with E-state index in [0.717, 1.165) is 51.9 Å². The van der Waals surface area contributed by atoms with Gasteiger partial charge in [-0.1, -0.05) is 23.2 Å². The molecule has 0 radical (unpaired) electrons. The summed E-state index contributed by atoms with van der Waals surface area (Å²) in [6, 6.07) is 5.26. The van der Waals surface area contributed by atoms with Crippen LogP contribution in [0.25, 0.3) is 0 Å². The second-order valence-electron chi connectivity index (χ2n) is 6.71. The fraction of sp³-hybridized carbons (Fsp3) is 0.611. The Balaban J connectivity index is 1.44. The summed E-state index contributed by atoms with van der Waals surface area (Å²) in [6.45, 7) is 4.25. The van der Waals surface area contributed by atoms with Crippen LogP contribution in [0.15, 0.2) is 18.2 Å². The Morgan fingerprint density at radius 1 is 1.08 bits per heavy atom. The predicted molar refractivity (Wildman–Crippen MR) is 96.9 cm³/mol. The molecule has 0 unspecified atom stereocenters. The SMILES string of the molecule is O=C(C1CCNCC1)N1CCC(COc2cc(Cl)cc(Cl)c2)CC1. The van der Waals surface area contributed by atoms with Gasteiger partial charge in [-0.05, 0) is 62.9 Å². The van der Waals surface area contributed by atoms with Gasteiger partial charge in [0.2, 0.25) is 5.91 Å². The van der Waals surface area contributed by atoms with E-state index in [-0.39, 0.29) is 5.92 Å². The number of benzene rings is 1. The summed E-state index contributed by atoms with van der Waals surface area (Å²) in [6.07, 6.45) is 3.92. The molecule has 1 aromatic carbocycles. The Labute approximate surface area is 153 Å². The highest BCUT2D eigenvalue weighted by Gasteiger charge is 2.29. The highest BCUT2D eigenvalue weighted by Crippen LogP contribution is 2.26. The molecule has 2 fully saturated rings. The van der Waals surface area contributed by atoms with Crippen LogP contribution in [-0.4, -0.2) is 43.6 Å². The van der Waals surface area contributed by atoms with Crippen molar-refractivity contribution >= 4 is 29.1 Å². The summed E-state index contributed by atoms with van der Waals surface area (Å²) < 4.78 is 5.84. The molecule has 4 nitrogen and oxygen atoms in total. The third-order valence-corrected chi connectivity index (χ3v) is 5.37. The number of carbonyl (C=O) groups is 1. The lowest BCUT2D eigenvalue weighted by Gasteiger charge is -2.35. The van der Waals surface area contributed by atoms with Crippen molar-refractivity contribution in [3.8, 4) is 5.75 Å². The zero-order valence-corrected chi connectivity index (χ0v) is 15.3. The van der Waals surface area contributed by atoms with Crippen LogP contribution in [-0.2, 0) is 4.79 Å². The minimum atomic E-state index is 0.215. The zero-order chi connectivity index (χ0) is 16.9. The molecule has 24 heavy (non-hydrogen) atoms. The van der Waals surface area contributed by atoms with Gasteiger partial charge < -0.3 is 15.0 Å². The van der Waals surface area contributed by atoms with Crippen LogP contribution in [0.1, 0.15) is 25.7 Å². The van der Waals surface area contributed by atoms with Crippen molar-refractivity contribution in [1.29, 1.82) is 0 Å². The highest BCUT2D eigenvalue weighted by molar-refractivity contribution is 6.34. The van der Waals surface area contributed by atoms with Gasteiger partial charge in [-0.2, -0.15) is 0 Å². The number of amides is 1. The zero-order valence-electron chi connectivity index (χ0n) is 13.8. The number of rotatable bonds is 4. The number of piperidine rings is 2. The number of ether oxygens (including phenoxy) is 1. The summed E-state index contributed by atoms with van der Waals surface area (Å²) in [7, 11) is 0. The second kappa shape index (κ2) is 8.41. The van der Waals surface area contributed by atoms with Crippen LogP contribution in [0.4, 0.5) is 0 Å². The number of carbonyl (C=O) groups excluding carboxylic acids is 1. The van der Waals surface area contributed by atoms with E-state index in [0.29, 0.717) is 34.2 Å². The van der Waals surface area contributed by atoms with Crippen molar-refractivity contribution in [3.63, 3.8) is 0 Å². The van der Waals surface area contributed by atoms with Crippen molar-refractivity contribution in [2.24, 2.45) is 11.8 Å². The van der Waals surface area contributed by atoms with E-state index in [1.165, 1.54) is 0 Å². The molecule has 0 atom stereocenters. The Morgan fingerprint density at radius 2 is 1.71 bits per heavy atom. The van der Waals surface area contributed by atoms with Crippen LogP contribution in [0.2, 0.25) is 10.0 Å². The number of nitrogens with zero attached hydrogens (tertiary/aromatic N) is 1. The quantitative estimate of drug-likeness (QED) is 0.879. The maximum absolute atomic E-state index is 12.6. The normalized spacial score (nSPS) is 20.2. The Morgan fingerprint density at radius 3 is 2.33 bits per heavy atom. The van der Waals surface area contributed by atoms with Crippen molar-refractivity contribution in [2.75, 3.05) is 32.8 Å². The number of hydrogen-bond donors (Lipinski definition) is 1. The van der Waals surface area contributed by atoms with E-state index in [1.54, 1.807) is 18.2 Å². The molecule has 2 aliphatic heterocycles. The van der Waals surface area contributed by atoms with Crippen LogP contribution < -0.4 is 10.1 Å². The second-order valence-corrected chi connectivity index (χ2v) is 7.58. The maximum atomic E-state index is 12.6. The van der Waals surface area contributed by atoms with Crippen molar-refractivity contribution in [2.45, 2.75) is 25.7 Å². The number of likely N-dealkylation sites (tertiary alicyclic amines) is 1. The van der Waals surface area contributed by atoms with Crippen LogP contribution >= 0.6 is 23.2 Å². The lowest BCUT2D eigenvalue weighted by atomic mass is 9.93. The van der Waals surface area contributed by atoms with Gasteiger partial charge in [-0.3, -0.25) is 4.79 Å². The van der Waals surface area contributed by atoms with E-state index in [2.05, 4.69) is 5.32 Å². The van der Waals surface area contributed by atoms with E-state index in [9.17, 15) is 4.79 Å². The summed E-state index contributed by atoms with van der Waals surface area (Å²) in [5, 5.41) is 4.48. The third-order valence-electron chi connectivity index (χ3n) is 4.94. The first kappa shape index (κ1) is 17.8. The molecule has 1 amide bonds. The van der Waals surface area contributed by atoms with Gasteiger partial charge in [0.15, 0.2) is 0 Å². The maximum Gasteiger partial charge on any atom is 0.225 e. The molecule has 0 aromatic heterocycles. The predicted octanol–water partition coefficient (Wildman–Crippen LogP) is 3.61. The van der Waals surface area contributed by atoms with Crippen molar-refractivity contribution < 1.29 is 9.53 Å². The number of nitrogens with one attached hydrogen (secondary N) is 1. The molecule has 1 N–H and O–H groups in total. The lowest BCUT2D eigenvalue weighted by Crippen LogP contribution is -2.45. The molecule has 0 aliphatic carbocycles. The molecule has 2 aliphatic rings. The van der Waals surface area contributed by atoms with Gasteiger partial charge >= 0.3 is 0 Å². The fourth-order valence-electron chi connectivity index (χ4n) is 3.47. The van der Waals surface area contributed by atoms with Crippen molar-refractivity contribution in [3.05, 3.63) is 28.2 Å². The Bertz CT molecular complexity index is 548. The molecule has 0 bridgehead atoms. The van der Waals surface area contributed by atoms with Gasteiger partial charge in [-0.15, -0.1) is 0 Å². The van der Waals surface area contributed by atoms with Gasteiger partial charge in [0.1, 0.15) is 5.75 Å². The van der Waals surface area contributed by atoms with E-state index >= 15 is 0 Å². The molecule has 0 spiro atoms. The van der Waals surface area contributed by atoms with Gasteiger partial charge in [0, 0.05) is 29.1 Å². The average molecular weight is 371 g/mol. The third kappa shape index (κ3) is 4.78. The molecule has 1 aromatic rings. The monoisotopic (exact) mass is 370 g/mol. The smallest absolute Gasteiger partial charge is 0.225 e. The molecule has 2 heterocycles. The minimum absolute atomic E-state index is 0.215. The van der Waals surface area contributed by atoms with E-state index < -0.39 is 0 Å². The van der Waals surface area contributed by atoms with Gasteiger partial charge in [0.25, 0.3) is 0 Å². The molecule has 132 valence electrons. The van der Waals surface area contributed by atoms with Crippen LogP contribution in [0.5, 0.6) is 5.75 Å². The molecule has 2 saturated heterocycles. The number of halogens is 2. The van der Waals surface area contributed by atoms with E-state index in [4.69, 9.17) is 27.9 Å². The van der Waals surface area contributed by atoms with Crippen LogP contribution in [0, 0.1) is 11.8 Å². The molecule has 3 rings (SSSR count). The fourth-order valence-corrected chi connectivity index (χ4v) is 3.98. The first-order valence-corrected chi connectivity index (χ1v) is 9.46. The molecule has 6 heteroatoms. The lowest BCUT2D eigenvalue weighted by molar-refractivity contribution is -0.137. The number of hydrogen-bond acceptors (Lipinski definition) is 3. The minimum Gasteiger partial charge on any atom is -0.493 e. The summed E-state index contributed by atoms with van der Waals surface area (Å²) in [5.74, 6) is 1.74. The molecule has 0 saturated carbocycles. The van der Waals surface area contributed by atoms with Crippen LogP contribution in [0.3, 0.4) is 0 Å². The molecular weight excluding hydrogens is 347 g/mol. The first-order chi connectivity index (χ1) is 11.6. The largest absolute Gasteiger partial charge is 0.493 e.